The molecule has 10 rings (SSSR count). The van der Waals surface area contributed by atoms with Gasteiger partial charge in [0.25, 0.3) is 0 Å². The summed E-state index contributed by atoms with van der Waals surface area (Å²) in [5, 5.41) is 10.0. The molecule has 0 heterocycles. The van der Waals surface area contributed by atoms with E-state index in [0.717, 1.165) is 0 Å². The Morgan fingerprint density at radius 1 is 0.250 bits per heavy atom. The molecule has 2 nitrogen and oxygen atoms in total. The Hall–Kier alpha value is -7.16. The van der Waals surface area contributed by atoms with Gasteiger partial charge in [-0.2, -0.15) is 0 Å². The molecule has 2 heteroatoms. The fourth-order valence-corrected chi connectivity index (χ4v) is 9.67. The predicted octanol–water partition coefficient (Wildman–Crippen LogP) is 16.8. The highest BCUT2D eigenvalue weighted by molar-refractivity contribution is 6.16. The van der Waals surface area contributed by atoms with Gasteiger partial charge >= 0.3 is 0 Å². The van der Waals surface area contributed by atoms with E-state index in [4.69, 9.17) is 0 Å². The van der Waals surface area contributed by atoms with Crippen molar-refractivity contribution in [3.05, 3.63) is 215 Å². The molecule has 0 spiro atoms. The van der Waals surface area contributed by atoms with E-state index < -0.39 is 0 Å². The van der Waals surface area contributed by atoms with Gasteiger partial charge in [0.1, 0.15) is 0 Å². The molecule has 0 aliphatic carbocycles. The van der Waals surface area contributed by atoms with E-state index in [9.17, 15) is 0 Å². The minimum absolute atomic E-state index is 1.18. The molecule has 0 aromatic heterocycles. The predicted molar refractivity (Wildman–Crippen MR) is 260 cm³/mol. The third kappa shape index (κ3) is 6.19. The zero-order chi connectivity index (χ0) is 41.1. The minimum Gasteiger partial charge on any atom is -0.309 e. The summed E-state index contributed by atoms with van der Waals surface area (Å²) in [5.74, 6) is 0. The molecule has 0 bridgehead atoms. The van der Waals surface area contributed by atoms with Gasteiger partial charge in [0.15, 0.2) is 0 Å². The average Bonchev–Trinajstić information content (AvgIpc) is 3.26. The lowest BCUT2D eigenvalue weighted by molar-refractivity contribution is 1.21. The molecule has 10 aromatic rings. The van der Waals surface area contributed by atoms with Crippen LogP contribution in [0.3, 0.4) is 0 Å². The van der Waals surface area contributed by atoms with Crippen LogP contribution >= 0.6 is 0 Å². The lowest BCUT2D eigenvalue weighted by atomic mass is 9.95. The summed E-state index contributed by atoms with van der Waals surface area (Å²) in [5.41, 5.74) is 17.0. The molecule has 10 aromatic carbocycles. The van der Waals surface area contributed by atoms with Crippen LogP contribution < -0.4 is 9.80 Å². The Kier molecular flexibility index (Phi) is 9.22. The molecule has 0 atom stereocenters. The van der Waals surface area contributed by atoms with Gasteiger partial charge in [-0.3, -0.25) is 0 Å². The standard InChI is InChI=1S/C58H48N2/c1-37-17-15-18-38(2)57(37)59(55-35-45-21-7-9-23-47(45)49-25-11-13-27-51(49)55)53-31-29-43(33-41(53)5)44-30-32-54(42(6)34-44)60(58-39(3)19-16-20-40(58)4)56-36-46-22-8-10-24-48(46)50-26-12-14-28-52(50)56/h7-36H,1-6H3. The van der Waals surface area contributed by atoms with Gasteiger partial charge in [-0.15, -0.1) is 0 Å². The van der Waals surface area contributed by atoms with Crippen molar-refractivity contribution in [2.75, 3.05) is 9.80 Å². The van der Waals surface area contributed by atoms with Crippen LogP contribution in [0.25, 0.3) is 54.2 Å². The van der Waals surface area contributed by atoms with E-state index in [1.807, 2.05) is 0 Å². The maximum atomic E-state index is 2.50. The highest BCUT2D eigenvalue weighted by Crippen LogP contribution is 2.48. The quantitative estimate of drug-likeness (QED) is 0.149. The van der Waals surface area contributed by atoms with Crippen LogP contribution in [0.5, 0.6) is 0 Å². The van der Waals surface area contributed by atoms with E-state index in [-0.39, 0.29) is 0 Å². The first-order valence-electron chi connectivity index (χ1n) is 21.0. The van der Waals surface area contributed by atoms with Gasteiger partial charge in [0.2, 0.25) is 0 Å². The number of hydrogen-bond acceptors (Lipinski definition) is 2. The van der Waals surface area contributed by atoms with Crippen LogP contribution in [0, 0.1) is 41.5 Å². The van der Waals surface area contributed by atoms with Crippen molar-refractivity contribution >= 4 is 77.2 Å². The van der Waals surface area contributed by atoms with E-state index in [0.29, 0.717) is 0 Å². The smallest absolute Gasteiger partial charge is 0.0546 e. The van der Waals surface area contributed by atoms with Gasteiger partial charge < -0.3 is 9.80 Å². The molecule has 0 radical (unpaired) electrons. The second-order valence-corrected chi connectivity index (χ2v) is 16.5. The fourth-order valence-electron chi connectivity index (χ4n) is 9.67. The van der Waals surface area contributed by atoms with Crippen molar-refractivity contribution in [2.24, 2.45) is 0 Å². The van der Waals surface area contributed by atoms with E-state index in [2.05, 4.69) is 233 Å². The van der Waals surface area contributed by atoms with Crippen molar-refractivity contribution in [1.29, 1.82) is 0 Å². The van der Waals surface area contributed by atoms with Gasteiger partial charge in [0, 0.05) is 22.1 Å². The van der Waals surface area contributed by atoms with Gasteiger partial charge in [-0.25, -0.2) is 0 Å². The summed E-state index contributed by atoms with van der Waals surface area (Å²) < 4.78 is 0. The number of para-hydroxylation sites is 2. The molecule has 0 aliphatic heterocycles. The summed E-state index contributed by atoms with van der Waals surface area (Å²) >= 11 is 0. The summed E-state index contributed by atoms with van der Waals surface area (Å²) in [6.45, 7) is 13.4. The van der Waals surface area contributed by atoms with Crippen LogP contribution in [0.4, 0.5) is 34.1 Å². The normalized spacial score (nSPS) is 11.5. The number of fused-ring (bicyclic) bond motifs is 6. The Balaban J connectivity index is 1.12. The molecular formula is C58H48N2. The second-order valence-electron chi connectivity index (χ2n) is 16.5. The maximum Gasteiger partial charge on any atom is 0.0546 e. The molecule has 0 N–H and O–H groups in total. The largest absolute Gasteiger partial charge is 0.309 e. The topological polar surface area (TPSA) is 6.48 Å². The van der Waals surface area contributed by atoms with Crippen molar-refractivity contribution in [3.8, 4) is 11.1 Å². The van der Waals surface area contributed by atoms with Gasteiger partial charge in [0.05, 0.1) is 22.7 Å². The number of benzene rings is 10. The number of hydrogen-bond donors (Lipinski definition) is 0. The third-order valence-electron chi connectivity index (χ3n) is 12.5. The molecule has 0 saturated carbocycles. The van der Waals surface area contributed by atoms with Crippen LogP contribution in [0.15, 0.2) is 182 Å². The molecule has 290 valence electrons. The van der Waals surface area contributed by atoms with Crippen LogP contribution in [0.2, 0.25) is 0 Å². The van der Waals surface area contributed by atoms with Gasteiger partial charge in [-0.1, -0.05) is 146 Å². The summed E-state index contributed by atoms with van der Waals surface area (Å²) in [6, 6.07) is 67.2. The SMILES string of the molecule is Cc1cc(-c2ccc(N(c3c(C)cccc3C)c3cc4ccccc4c4ccccc34)c(C)c2)ccc1N(c1c(C)cccc1C)c1cc2ccccc2c2ccccc12. The molecule has 0 amide bonds. The Bertz CT molecular complexity index is 3040. The zero-order valence-corrected chi connectivity index (χ0v) is 35.2. The Morgan fingerprint density at radius 2 is 0.583 bits per heavy atom. The number of nitrogens with zero attached hydrogens (tertiary/aromatic N) is 2. The first kappa shape index (κ1) is 37.1. The van der Waals surface area contributed by atoms with Crippen LogP contribution in [0.1, 0.15) is 33.4 Å². The van der Waals surface area contributed by atoms with Crippen molar-refractivity contribution in [3.63, 3.8) is 0 Å². The molecule has 0 saturated heterocycles. The highest BCUT2D eigenvalue weighted by atomic mass is 15.2. The molecular weight excluding hydrogens is 725 g/mol. The average molecular weight is 773 g/mol. The number of anilines is 6. The molecule has 0 unspecified atom stereocenters. The fraction of sp³-hybridized carbons (Fsp3) is 0.103. The van der Waals surface area contributed by atoms with E-state index in [1.165, 1.54) is 122 Å². The molecule has 0 fully saturated rings. The van der Waals surface area contributed by atoms with Crippen LogP contribution in [-0.2, 0) is 0 Å². The van der Waals surface area contributed by atoms with E-state index in [1.54, 1.807) is 0 Å². The Labute approximate surface area is 353 Å². The minimum atomic E-state index is 1.18. The molecule has 0 aliphatic rings. The van der Waals surface area contributed by atoms with Crippen molar-refractivity contribution < 1.29 is 0 Å². The number of aryl methyl sites for hydroxylation is 6. The lowest BCUT2D eigenvalue weighted by Crippen LogP contribution is -2.15. The van der Waals surface area contributed by atoms with Crippen LogP contribution in [-0.4, -0.2) is 0 Å². The molecule has 60 heavy (non-hydrogen) atoms. The second kappa shape index (κ2) is 14.9. The first-order chi connectivity index (χ1) is 29.3. The maximum absolute atomic E-state index is 2.50. The lowest BCUT2D eigenvalue weighted by Gasteiger charge is -2.32. The summed E-state index contributed by atoms with van der Waals surface area (Å²) in [4.78, 5) is 5.01. The third-order valence-corrected chi connectivity index (χ3v) is 12.5. The van der Waals surface area contributed by atoms with Crippen molar-refractivity contribution in [2.45, 2.75) is 41.5 Å². The number of rotatable bonds is 7. The first-order valence-corrected chi connectivity index (χ1v) is 21.0. The summed E-state index contributed by atoms with van der Waals surface area (Å²) in [6.07, 6.45) is 0. The van der Waals surface area contributed by atoms with E-state index >= 15 is 0 Å². The van der Waals surface area contributed by atoms with Crippen molar-refractivity contribution in [1.82, 2.24) is 0 Å². The highest BCUT2D eigenvalue weighted by Gasteiger charge is 2.24. The zero-order valence-electron chi connectivity index (χ0n) is 35.2. The Morgan fingerprint density at radius 3 is 0.950 bits per heavy atom. The monoisotopic (exact) mass is 772 g/mol. The van der Waals surface area contributed by atoms with Gasteiger partial charge in [-0.05, 0) is 155 Å². The summed E-state index contributed by atoms with van der Waals surface area (Å²) in [7, 11) is 0.